The van der Waals surface area contributed by atoms with Crippen molar-refractivity contribution in [2.24, 2.45) is 11.5 Å². The molecule has 0 aliphatic heterocycles. The lowest BCUT2D eigenvalue weighted by Gasteiger charge is -2.47. The molecule has 0 amide bonds. The lowest BCUT2D eigenvalue weighted by Crippen LogP contribution is -2.65. The van der Waals surface area contributed by atoms with Crippen LogP contribution >= 0.6 is 0 Å². The molecule has 0 radical (unpaired) electrons. The van der Waals surface area contributed by atoms with Crippen LogP contribution in [0.4, 0.5) is 0 Å². The summed E-state index contributed by atoms with van der Waals surface area (Å²) in [6.45, 7) is 8.86. The molecule has 2 nitrogen and oxygen atoms in total. The fourth-order valence-electron chi connectivity index (χ4n) is 3.08. The van der Waals surface area contributed by atoms with Gasteiger partial charge in [0.05, 0.1) is 0 Å². The minimum absolute atomic E-state index is 0.163. The van der Waals surface area contributed by atoms with Crippen molar-refractivity contribution in [1.82, 2.24) is 0 Å². The van der Waals surface area contributed by atoms with Crippen LogP contribution in [0.25, 0.3) is 0 Å². The summed E-state index contributed by atoms with van der Waals surface area (Å²) < 4.78 is 0. The van der Waals surface area contributed by atoms with E-state index in [0.717, 1.165) is 44.9 Å². The van der Waals surface area contributed by atoms with Gasteiger partial charge in [-0.15, -0.1) is 0 Å². The van der Waals surface area contributed by atoms with E-state index in [1.807, 2.05) is 0 Å². The van der Waals surface area contributed by atoms with Gasteiger partial charge in [0.1, 0.15) is 0 Å². The summed E-state index contributed by atoms with van der Waals surface area (Å²) in [7, 11) is 0. The molecule has 0 rings (SSSR count). The van der Waals surface area contributed by atoms with Crippen LogP contribution in [0.5, 0.6) is 0 Å². The molecule has 0 spiro atoms. The third-order valence-corrected chi connectivity index (χ3v) is 4.06. The van der Waals surface area contributed by atoms with Gasteiger partial charge in [-0.2, -0.15) is 0 Å². The third kappa shape index (κ3) is 4.59. The van der Waals surface area contributed by atoms with Crippen molar-refractivity contribution in [3.05, 3.63) is 0 Å². The van der Waals surface area contributed by atoms with Crippen molar-refractivity contribution >= 4 is 0 Å². The van der Waals surface area contributed by atoms with E-state index < -0.39 is 0 Å². The average Bonchev–Trinajstić information content (AvgIpc) is 2.27. The Morgan fingerprint density at radius 3 is 1.24 bits per heavy atom. The molecule has 1 atom stereocenters. The first kappa shape index (κ1) is 16.9. The lowest BCUT2D eigenvalue weighted by atomic mass is 9.67. The first-order valence-electron chi connectivity index (χ1n) is 7.57. The van der Waals surface area contributed by atoms with Crippen molar-refractivity contribution in [2.75, 3.05) is 0 Å². The van der Waals surface area contributed by atoms with Crippen molar-refractivity contribution in [2.45, 2.75) is 96.6 Å². The van der Waals surface area contributed by atoms with E-state index in [1.54, 1.807) is 0 Å². The van der Waals surface area contributed by atoms with E-state index in [2.05, 4.69) is 27.7 Å². The summed E-state index contributed by atoms with van der Waals surface area (Å²) in [5, 5.41) is 0. The molecule has 0 aromatic rings. The summed E-state index contributed by atoms with van der Waals surface area (Å²) in [5.74, 6) is 0. The number of nitrogens with two attached hydrogens (primary N) is 2. The van der Waals surface area contributed by atoms with Crippen LogP contribution in [-0.2, 0) is 0 Å². The molecule has 2 heteroatoms. The molecule has 0 aliphatic carbocycles. The van der Waals surface area contributed by atoms with Crippen LogP contribution in [0.15, 0.2) is 0 Å². The highest BCUT2D eigenvalue weighted by Crippen LogP contribution is 2.35. The summed E-state index contributed by atoms with van der Waals surface area (Å²) in [6.07, 6.45) is 10.0. The average molecular weight is 242 g/mol. The van der Waals surface area contributed by atoms with Crippen LogP contribution in [0.1, 0.15) is 85.5 Å². The topological polar surface area (TPSA) is 52.0 Å². The van der Waals surface area contributed by atoms with Crippen molar-refractivity contribution in [3.8, 4) is 0 Å². The minimum atomic E-state index is -0.165. The lowest BCUT2D eigenvalue weighted by molar-refractivity contribution is 0.158. The van der Waals surface area contributed by atoms with Gasteiger partial charge in [-0.25, -0.2) is 0 Å². The SMILES string of the molecule is CCCCC(N)(CCC)C(N)(CCC)CCC. The van der Waals surface area contributed by atoms with Gasteiger partial charge in [-0.05, 0) is 25.7 Å². The second-order valence-electron chi connectivity index (χ2n) is 5.67. The zero-order chi connectivity index (χ0) is 13.4. The van der Waals surface area contributed by atoms with Gasteiger partial charge in [0.2, 0.25) is 0 Å². The second-order valence-corrected chi connectivity index (χ2v) is 5.67. The Balaban J connectivity index is 4.90. The molecule has 17 heavy (non-hydrogen) atoms. The second kappa shape index (κ2) is 8.10. The quantitative estimate of drug-likeness (QED) is 0.609. The van der Waals surface area contributed by atoms with Gasteiger partial charge < -0.3 is 11.5 Å². The zero-order valence-corrected chi connectivity index (χ0v) is 12.5. The van der Waals surface area contributed by atoms with Gasteiger partial charge >= 0.3 is 0 Å². The van der Waals surface area contributed by atoms with E-state index in [-0.39, 0.29) is 11.1 Å². The summed E-state index contributed by atoms with van der Waals surface area (Å²) >= 11 is 0. The van der Waals surface area contributed by atoms with Gasteiger partial charge in [-0.1, -0.05) is 59.8 Å². The Morgan fingerprint density at radius 2 is 0.941 bits per heavy atom. The van der Waals surface area contributed by atoms with Crippen LogP contribution in [0, 0.1) is 0 Å². The Bertz CT molecular complexity index is 185. The van der Waals surface area contributed by atoms with Gasteiger partial charge in [0.25, 0.3) is 0 Å². The van der Waals surface area contributed by atoms with E-state index in [1.165, 1.54) is 12.8 Å². The summed E-state index contributed by atoms with van der Waals surface area (Å²) in [4.78, 5) is 0. The molecule has 0 aromatic heterocycles. The Labute approximate surface area is 109 Å². The smallest absolute Gasteiger partial charge is 0.0336 e. The van der Waals surface area contributed by atoms with Gasteiger partial charge in [0.15, 0.2) is 0 Å². The maximum atomic E-state index is 6.72. The molecule has 0 fully saturated rings. The summed E-state index contributed by atoms with van der Waals surface area (Å²) in [6, 6.07) is 0. The van der Waals surface area contributed by atoms with Gasteiger partial charge in [-0.3, -0.25) is 0 Å². The van der Waals surface area contributed by atoms with Crippen LogP contribution in [0.3, 0.4) is 0 Å². The predicted molar refractivity (Wildman–Crippen MR) is 78.1 cm³/mol. The molecule has 0 saturated carbocycles. The summed E-state index contributed by atoms with van der Waals surface area (Å²) in [5.41, 5.74) is 13.1. The monoisotopic (exact) mass is 242 g/mol. The van der Waals surface area contributed by atoms with E-state index >= 15 is 0 Å². The van der Waals surface area contributed by atoms with Crippen LogP contribution in [0.2, 0.25) is 0 Å². The normalized spacial score (nSPS) is 15.9. The van der Waals surface area contributed by atoms with E-state index in [9.17, 15) is 0 Å². The molecule has 4 N–H and O–H groups in total. The molecular weight excluding hydrogens is 208 g/mol. The van der Waals surface area contributed by atoms with E-state index in [4.69, 9.17) is 11.5 Å². The molecule has 0 saturated heterocycles. The van der Waals surface area contributed by atoms with Crippen molar-refractivity contribution in [1.29, 1.82) is 0 Å². The van der Waals surface area contributed by atoms with Crippen LogP contribution in [-0.4, -0.2) is 11.1 Å². The number of rotatable bonds is 10. The largest absolute Gasteiger partial charge is 0.324 e. The Hall–Kier alpha value is -0.0800. The maximum Gasteiger partial charge on any atom is 0.0336 e. The predicted octanol–water partition coefficient (Wildman–Crippen LogP) is 3.97. The fraction of sp³-hybridized carbons (Fsp3) is 1.00. The van der Waals surface area contributed by atoms with E-state index in [0.29, 0.717) is 0 Å². The molecule has 0 aromatic carbocycles. The zero-order valence-electron chi connectivity index (χ0n) is 12.5. The van der Waals surface area contributed by atoms with Crippen LogP contribution < -0.4 is 11.5 Å². The number of hydrogen-bond donors (Lipinski definition) is 2. The molecule has 0 heterocycles. The van der Waals surface area contributed by atoms with Gasteiger partial charge in [0, 0.05) is 11.1 Å². The Kier molecular flexibility index (Phi) is 8.06. The standard InChI is InChI=1S/C15H34N2/c1-5-9-13-15(17,12-8-4)14(16,10-6-2)11-7-3/h5-13,16-17H2,1-4H3. The maximum absolute atomic E-state index is 6.72. The number of unbranched alkanes of at least 4 members (excludes halogenated alkanes) is 1. The Morgan fingerprint density at radius 1 is 0.588 bits per heavy atom. The first-order chi connectivity index (χ1) is 7.99. The van der Waals surface area contributed by atoms with Crippen molar-refractivity contribution < 1.29 is 0 Å². The number of hydrogen-bond acceptors (Lipinski definition) is 2. The molecular formula is C15H34N2. The minimum Gasteiger partial charge on any atom is -0.324 e. The molecule has 1 unspecified atom stereocenters. The highest BCUT2D eigenvalue weighted by atomic mass is 14.9. The first-order valence-corrected chi connectivity index (χ1v) is 7.57. The van der Waals surface area contributed by atoms with Crippen molar-refractivity contribution in [3.63, 3.8) is 0 Å². The highest BCUT2D eigenvalue weighted by Gasteiger charge is 2.42. The third-order valence-electron chi connectivity index (χ3n) is 4.06. The fourth-order valence-corrected chi connectivity index (χ4v) is 3.08. The molecule has 104 valence electrons. The highest BCUT2D eigenvalue weighted by molar-refractivity contribution is 5.06. The molecule has 0 aliphatic rings. The molecule has 0 bridgehead atoms.